The minimum atomic E-state index is -0.156. The maximum Gasteiger partial charge on any atom is 0.243 e. The normalized spacial score (nSPS) is 10.3. The van der Waals surface area contributed by atoms with Crippen LogP contribution < -0.4 is 15.4 Å². The lowest BCUT2D eigenvalue weighted by Gasteiger charge is -2.07. The summed E-state index contributed by atoms with van der Waals surface area (Å²) in [6, 6.07) is 14.6. The van der Waals surface area contributed by atoms with Gasteiger partial charge in [-0.15, -0.1) is 5.10 Å². The molecule has 3 aromatic rings. The van der Waals surface area contributed by atoms with Crippen molar-refractivity contribution in [3.8, 4) is 11.6 Å². The first-order valence-electron chi connectivity index (χ1n) is 7.98. The standard InChI is InChI=1S/C18H19N5O2/c1-2-25-15-8-6-14(7-9-15)21-18(24)13-20-16-10-12-23(22-16)17-5-3-4-11-19-17/h3-12H,2,13H2,1H3,(H,20,22)(H,21,24). The van der Waals surface area contributed by atoms with Gasteiger partial charge in [0.25, 0.3) is 0 Å². The van der Waals surface area contributed by atoms with E-state index in [9.17, 15) is 4.79 Å². The summed E-state index contributed by atoms with van der Waals surface area (Å²) in [5.74, 6) is 1.94. The van der Waals surface area contributed by atoms with E-state index in [2.05, 4.69) is 20.7 Å². The second kappa shape index (κ2) is 7.96. The number of rotatable bonds is 7. The Kier molecular flexibility index (Phi) is 5.26. The van der Waals surface area contributed by atoms with Crippen LogP contribution in [-0.4, -0.2) is 33.8 Å². The fourth-order valence-electron chi connectivity index (χ4n) is 2.21. The van der Waals surface area contributed by atoms with Crippen molar-refractivity contribution in [1.29, 1.82) is 0 Å². The van der Waals surface area contributed by atoms with Crippen LogP contribution >= 0.6 is 0 Å². The number of benzene rings is 1. The van der Waals surface area contributed by atoms with Crippen molar-refractivity contribution in [2.75, 3.05) is 23.8 Å². The highest BCUT2D eigenvalue weighted by molar-refractivity contribution is 5.93. The molecule has 3 rings (SSSR count). The summed E-state index contributed by atoms with van der Waals surface area (Å²) < 4.78 is 7.01. The number of carbonyl (C=O) groups excluding carboxylic acids is 1. The fraction of sp³-hybridized carbons (Fsp3) is 0.167. The van der Waals surface area contributed by atoms with Gasteiger partial charge >= 0.3 is 0 Å². The second-order valence-electron chi connectivity index (χ2n) is 5.19. The summed E-state index contributed by atoms with van der Waals surface area (Å²) in [4.78, 5) is 16.2. The molecular weight excluding hydrogens is 318 g/mol. The van der Waals surface area contributed by atoms with Gasteiger partial charge in [0.15, 0.2) is 5.82 Å². The molecule has 0 atom stereocenters. The number of anilines is 2. The number of carbonyl (C=O) groups is 1. The molecule has 0 radical (unpaired) electrons. The molecule has 0 aliphatic carbocycles. The lowest BCUT2D eigenvalue weighted by Crippen LogP contribution is -2.22. The Balaban J connectivity index is 1.51. The minimum absolute atomic E-state index is 0.118. The number of hydrogen-bond donors (Lipinski definition) is 2. The number of pyridine rings is 1. The molecule has 25 heavy (non-hydrogen) atoms. The summed E-state index contributed by atoms with van der Waals surface area (Å²) in [5.41, 5.74) is 0.717. The molecule has 1 amide bonds. The zero-order valence-corrected chi connectivity index (χ0v) is 13.8. The van der Waals surface area contributed by atoms with Gasteiger partial charge in [0.1, 0.15) is 11.6 Å². The van der Waals surface area contributed by atoms with Crippen LogP contribution in [-0.2, 0) is 4.79 Å². The van der Waals surface area contributed by atoms with E-state index in [0.29, 0.717) is 18.1 Å². The Labute approximate surface area is 145 Å². The van der Waals surface area contributed by atoms with Crippen molar-refractivity contribution in [3.05, 3.63) is 60.9 Å². The largest absolute Gasteiger partial charge is 0.494 e. The van der Waals surface area contributed by atoms with Gasteiger partial charge in [-0.1, -0.05) is 6.07 Å². The van der Waals surface area contributed by atoms with Gasteiger partial charge in [-0.05, 0) is 43.3 Å². The number of aromatic nitrogens is 3. The number of hydrogen-bond acceptors (Lipinski definition) is 5. The average Bonchev–Trinajstić information content (AvgIpc) is 3.12. The quantitative estimate of drug-likeness (QED) is 0.693. The number of ether oxygens (including phenoxy) is 1. The highest BCUT2D eigenvalue weighted by Gasteiger charge is 2.05. The molecule has 0 aliphatic rings. The number of amides is 1. The van der Waals surface area contributed by atoms with Crippen LogP contribution in [0.1, 0.15) is 6.92 Å². The number of nitrogens with one attached hydrogen (secondary N) is 2. The maximum absolute atomic E-state index is 12.0. The maximum atomic E-state index is 12.0. The molecule has 0 unspecified atom stereocenters. The zero-order valence-electron chi connectivity index (χ0n) is 13.8. The van der Waals surface area contributed by atoms with Gasteiger partial charge in [0.2, 0.25) is 5.91 Å². The third-order valence-corrected chi connectivity index (χ3v) is 3.35. The molecule has 0 fully saturated rings. The lowest BCUT2D eigenvalue weighted by atomic mass is 10.3. The molecule has 0 bridgehead atoms. The van der Waals surface area contributed by atoms with Crippen LogP contribution in [0.4, 0.5) is 11.5 Å². The van der Waals surface area contributed by atoms with Crippen LogP contribution in [0.3, 0.4) is 0 Å². The summed E-state index contributed by atoms with van der Waals surface area (Å²) in [6.45, 7) is 2.66. The van der Waals surface area contributed by atoms with Gasteiger partial charge in [0, 0.05) is 24.1 Å². The predicted molar refractivity (Wildman–Crippen MR) is 96.1 cm³/mol. The molecule has 2 aromatic heterocycles. The highest BCUT2D eigenvalue weighted by Crippen LogP contribution is 2.15. The topological polar surface area (TPSA) is 81.1 Å². The minimum Gasteiger partial charge on any atom is -0.494 e. The second-order valence-corrected chi connectivity index (χ2v) is 5.19. The first-order valence-corrected chi connectivity index (χ1v) is 7.98. The Morgan fingerprint density at radius 1 is 1.16 bits per heavy atom. The van der Waals surface area contributed by atoms with Crippen LogP contribution in [0.2, 0.25) is 0 Å². The molecular formula is C18H19N5O2. The molecule has 0 saturated carbocycles. The first-order chi connectivity index (χ1) is 12.2. The van der Waals surface area contributed by atoms with Gasteiger partial charge in [0.05, 0.1) is 13.2 Å². The molecule has 0 saturated heterocycles. The van der Waals surface area contributed by atoms with Crippen molar-refractivity contribution in [3.63, 3.8) is 0 Å². The van der Waals surface area contributed by atoms with E-state index in [4.69, 9.17) is 4.74 Å². The average molecular weight is 337 g/mol. The SMILES string of the molecule is CCOc1ccc(NC(=O)CNc2ccn(-c3ccccn3)n2)cc1. The lowest BCUT2D eigenvalue weighted by molar-refractivity contribution is -0.114. The Morgan fingerprint density at radius 2 is 2.00 bits per heavy atom. The number of nitrogens with zero attached hydrogens (tertiary/aromatic N) is 3. The Hall–Kier alpha value is -3.35. The van der Waals surface area contributed by atoms with E-state index >= 15 is 0 Å². The molecule has 0 aliphatic heterocycles. The smallest absolute Gasteiger partial charge is 0.243 e. The molecule has 2 N–H and O–H groups in total. The van der Waals surface area contributed by atoms with Crippen LogP contribution in [0, 0.1) is 0 Å². The third kappa shape index (κ3) is 4.57. The van der Waals surface area contributed by atoms with E-state index in [0.717, 1.165) is 11.6 Å². The van der Waals surface area contributed by atoms with E-state index < -0.39 is 0 Å². The molecule has 128 valence electrons. The fourth-order valence-corrected chi connectivity index (χ4v) is 2.21. The summed E-state index contributed by atoms with van der Waals surface area (Å²) in [7, 11) is 0. The zero-order chi connectivity index (χ0) is 17.5. The van der Waals surface area contributed by atoms with Gasteiger partial charge in [-0.25, -0.2) is 9.67 Å². The monoisotopic (exact) mass is 337 g/mol. The summed E-state index contributed by atoms with van der Waals surface area (Å²) >= 11 is 0. The van der Waals surface area contributed by atoms with E-state index in [1.54, 1.807) is 35.3 Å². The predicted octanol–water partition coefficient (Wildman–Crippen LogP) is 2.72. The highest BCUT2D eigenvalue weighted by atomic mass is 16.5. The Morgan fingerprint density at radius 3 is 2.72 bits per heavy atom. The van der Waals surface area contributed by atoms with Crippen LogP contribution in [0.15, 0.2) is 60.9 Å². The Bertz CT molecular complexity index is 815. The van der Waals surface area contributed by atoms with Gasteiger partial charge in [-0.3, -0.25) is 4.79 Å². The van der Waals surface area contributed by atoms with Gasteiger partial charge in [-0.2, -0.15) is 0 Å². The van der Waals surface area contributed by atoms with Crippen molar-refractivity contribution in [2.24, 2.45) is 0 Å². The first kappa shape index (κ1) is 16.5. The van der Waals surface area contributed by atoms with Crippen LogP contribution in [0.25, 0.3) is 5.82 Å². The van der Waals surface area contributed by atoms with Crippen molar-refractivity contribution >= 4 is 17.4 Å². The molecule has 1 aromatic carbocycles. The third-order valence-electron chi connectivity index (χ3n) is 3.35. The van der Waals surface area contributed by atoms with Crippen molar-refractivity contribution in [2.45, 2.75) is 6.92 Å². The van der Waals surface area contributed by atoms with E-state index in [1.807, 2.05) is 37.3 Å². The van der Waals surface area contributed by atoms with Crippen LogP contribution in [0.5, 0.6) is 5.75 Å². The molecule has 7 nitrogen and oxygen atoms in total. The van der Waals surface area contributed by atoms with Crippen molar-refractivity contribution in [1.82, 2.24) is 14.8 Å². The van der Waals surface area contributed by atoms with Crippen molar-refractivity contribution < 1.29 is 9.53 Å². The summed E-state index contributed by atoms with van der Waals surface area (Å²) in [6.07, 6.45) is 3.49. The summed E-state index contributed by atoms with van der Waals surface area (Å²) in [5, 5.41) is 10.1. The molecule has 7 heteroatoms. The van der Waals surface area contributed by atoms with E-state index in [1.165, 1.54) is 0 Å². The molecule has 2 heterocycles. The molecule has 0 spiro atoms. The van der Waals surface area contributed by atoms with Gasteiger partial charge < -0.3 is 15.4 Å². The van der Waals surface area contributed by atoms with E-state index in [-0.39, 0.29) is 12.5 Å².